The molecule has 0 bridgehead atoms. The van der Waals surface area contributed by atoms with Crippen LogP contribution < -0.4 is 0 Å². The molecule has 1 N–H and O–H groups in total. The number of benzene rings is 1. The monoisotopic (exact) mass is 383 g/mol. The highest BCUT2D eigenvalue weighted by Crippen LogP contribution is 2.43. The quantitative estimate of drug-likeness (QED) is 0.841. The molecule has 1 unspecified atom stereocenters. The summed E-state index contributed by atoms with van der Waals surface area (Å²) < 4.78 is 14.0. The predicted octanol–water partition coefficient (Wildman–Crippen LogP) is 1.62. The Kier molecular flexibility index (Phi) is 4.56. The maximum atomic E-state index is 14.0. The van der Waals surface area contributed by atoms with Crippen LogP contribution in [-0.4, -0.2) is 78.0 Å². The van der Waals surface area contributed by atoms with Crippen molar-refractivity contribution in [2.75, 3.05) is 40.3 Å². The molecule has 0 aliphatic carbocycles. The molecule has 7 nitrogen and oxygen atoms in total. The summed E-state index contributed by atoms with van der Waals surface area (Å²) in [5.41, 5.74) is -1.37. The highest BCUT2D eigenvalue weighted by atomic mass is 35.5. The lowest BCUT2D eigenvalue weighted by atomic mass is 9.81. The van der Waals surface area contributed by atoms with Crippen molar-refractivity contribution in [3.8, 4) is 0 Å². The van der Waals surface area contributed by atoms with E-state index >= 15 is 0 Å². The molecule has 1 aromatic rings. The van der Waals surface area contributed by atoms with Gasteiger partial charge in [-0.1, -0.05) is 11.6 Å². The van der Waals surface area contributed by atoms with Gasteiger partial charge >= 0.3 is 12.0 Å². The molecule has 0 spiro atoms. The third-order valence-corrected chi connectivity index (χ3v) is 5.37. The molecule has 3 amide bonds. The first-order valence-electron chi connectivity index (χ1n) is 8.09. The minimum absolute atomic E-state index is 0.0247. The molecule has 3 rings (SSSR count). The van der Waals surface area contributed by atoms with Gasteiger partial charge in [-0.3, -0.25) is 9.59 Å². The maximum absolute atomic E-state index is 14.0. The number of carbonyl (C=O) groups is 3. The van der Waals surface area contributed by atoms with Crippen molar-refractivity contribution in [1.82, 2.24) is 14.7 Å². The number of aliphatic carboxylic acids is 1. The van der Waals surface area contributed by atoms with Crippen LogP contribution in [0.15, 0.2) is 18.2 Å². The Labute approximate surface area is 154 Å². The first-order valence-corrected chi connectivity index (χ1v) is 8.47. The molecule has 2 aliphatic rings. The van der Waals surface area contributed by atoms with Crippen LogP contribution in [0.3, 0.4) is 0 Å². The fraction of sp³-hybridized carbons (Fsp3) is 0.471. The standard InChI is InChI=1S/C17H19ClFN3O4/c1-20(2)16(26)22-7-10-6-21(8-17(10,9-22)15(24)25)14(23)12-4-3-11(18)5-13(12)19/h3-5,10H,6-9H2,1-2H3,(H,24,25)/t10?,17-/m0/s1. The van der Waals surface area contributed by atoms with Crippen LogP contribution in [-0.2, 0) is 4.79 Å². The molecule has 2 aliphatic heterocycles. The van der Waals surface area contributed by atoms with Gasteiger partial charge in [0.15, 0.2) is 0 Å². The van der Waals surface area contributed by atoms with Gasteiger partial charge in [0.25, 0.3) is 5.91 Å². The second-order valence-electron chi connectivity index (χ2n) is 7.03. The molecule has 2 atom stereocenters. The minimum atomic E-state index is -1.23. The minimum Gasteiger partial charge on any atom is -0.481 e. The van der Waals surface area contributed by atoms with Gasteiger partial charge in [0, 0.05) is 51.2 Å². The molecule has 2 heterocycles. The summed E-state index contributed by atoms with van der Waals surface area (Å²) in [5.74, 6) is -2.76. The van der Waals surface area contributed by atoms with E-state index in [0.717, 1.165) is 6.07 Å². The van der Waals surface area contributed by atoms with Gasteiger partial charge in [-0.2, -0.15) is 0 Å². The summed E-state index contributed by atoms with van der Waals surface area (Å²) in [5, 5.41) is 9.97. The van der Waals surface area contributed by atoms with Gasteiger partial charge < -0.3 is 19.8 Å². The maximum Gasteiger partial charge on any atom is 0.319 e. The van der Waals surface area contributed by atoms with Crippen molar-refractivity contribution >= 4 is 29.5 Å². The summed E-state index contributed by atoms with van der Waals surface area (Å²) in [4.78, 5) is 41.0. The van der Waals surface area contributed by atoms with Crippen LogP contribution >= 0.6 is 11.6 Å². The van der Waals surface area contributed by atoms with E-state index in [9.17, 15) is 23.9 Å². The second-order valence-corrected chi connectivity index (χ2v) is 7.46. The van der Waals surface area contributed by atoms with E-state index < -0.39 is 29.0 Å². The molecular weight excluding hydrogens is 365 g/mol. The Bertz CT molecular complexity index is 787. The molecule has 9 heteroatoms. The zero-order valence-corrected chi connectivity index (χ0v) is 15.2. The Balaban J connectivity index is 1.83. The second kappa shape index (κ2) is 6.42. The number of carboxylic acid groups (broad SMARTS) is 1. The van der Waals surface area contributed by atoms with E-state index in [4.69, 9.17) is 11.6 Å². The number of urea groups is 1. The predicted molar refractivity (Wildman–Crippen MR) is 91.5 cm³/mol. The smallest absolute Gasteiger partial charge is 0.319 e. The zero-order chi connectivity index (χ0) is 19.2. The Morgan fingerprint density at radius 1 is 1.23 bits per heavy atom. The van der Waals surface area contributed by atoms with Crippen LogP contribution in [0.5, 0.6) is 0 Å². The lowest BCUT2D eigenvalue weighted by Crippen LogP contribution is -2.45. The Morgan fingerprint density at radius 3 is 2.38 bits per heavy atom. The number of carbonyl (C=O) groups excluding carboxylic acids is 2. The molecule has 2 fully saturated rings. The lowest BCUT2D eigenvalue weighted by molar-refractivity contribution is -0.148. The largest absolute Gasteiger partial charge is 0.481 e. The first kappa shape index (κ1) is 18.4. The number of halogens is 2. The molecule has 26 heavy (non-hydrogen) atoms. The molecule has 0 radical (unpaired) electrons. The molecule has 0 saturated carbocycles. The number of hydrogen-bond acceptors (Lipinski definition) is 3. The van der Waals surface area contributed by atoms with E-state index in [0.29, 0.717) is 0 Å². The summed E-state index contributed by atoms with van der Waals surface area (Å²) >= 11 is 5.71. The fourth-order valence-corrected chi connectivity index (χ4v) is 3.94. The number of nitrogens with zero attached hydrogens (tertiary/aromatic N) is 3. The Morgan fingerprint density at radius 2 is 1.85 bits per heavy atom. The van der Waals surface area contributed by atoms with Crippen LogP contribution in [0.4, 0.5) is 9.18 Å². The molecule has 0 aromatic heterocycles. The lowest BCUT2D eigenvalue weighted by Gasteiger charge is -2.27. The number of carboxylic acids is 1. The van der Waals surface area contributed by atoms with Crippen molar-refractivity contribution in [3.63, 3.8) is 0 Å². The number of hydrogen-bond donors (Lipinski definition) is 1. The van der Waals surface area contributed by atoms with Crippen molar-refractivity contribution in [1.29, 1.82) is 0 Å². The van der Waals surface area contributed by atoms with E-state index in [-0.39, 0.29) is 42.8 Å². The van der Waals surface area contributed by atoms with Gasteiger partial charge in [0.05, 0.1) is 5.56 Å². The third-order valence-electron chi connectivity index (χ3n) is 5.14. The van der Waals surface area contributed by atoms with E-state index in [1.165, 1.54) is 26.8 Å². The van der Waals surface area contributed by atoms with Gasteiger partial charge in [0.1, 0.15) is 11.2 Å². The number of likely N-dealkylation sites (tertiary alicyclic amines) is 2. The van der Waals surface area contributed by atoms with Crippen molar-refractivity contribution in [3.05, 3.63) is 34.6 Å². The van der Waals surface area contributed by atoms with Crippen molar-refractivity contribution in [2.24, 2.45) is 11.3 Å². The normalized spacial score (nSPS) is 24.5. The summed E-state index contributed by atoms with van der Waals surface area (Å²) in [6.07, 6.45) is 0. The average Bonchev–Trinajstić information content (AvgIpc) is 3.08. The van der Waals surface area contributed by atoms with E-state index in [2.05, 4.69) is 0 Å². The van der Waals surface area contributed by atoms with Gasteiger partial charge in [-0.25, -0.2) is 9.18 Å². The Hall–Kier alpha value is -2.35. The van der Waals surface area contributed by atoms with Crippen LogP contribution in [0, 0.1) is 17.2 Å². The topological polar surface area (TPSA) is 81.2 Å². The third kappa shape index (κ3) is 2.88. The van der Waals surface area contributed by atoms with Gasteiger partial charge in [0.2, 0.25) is 0 Å². The first-order chi connectivity index (χ1) is 12.2. The molecule has 1 aromatic carbocycles. The molecular formula is C17H19ClFN3O4. The molecule has 2 saturated heterocycles. The number of rotatable bonds is 2. The van der Waals surface area contributed by atoms with E-state index in [1.54, 1.807) is 14.1 Å². The van der Waals surface area contributed by atoms with Crippen LogP contribution in [0.25, 0.3) is 0 Å². The SMILES string of the molecule is CN(C)C(=O)N1CC2CN(C(=O)c3ccc(Cl)cc3F)C[C@]2(C(=O)O)C1. The highest BCUT2D eigenvalue weighted by Gasteiger charge is 2.59. The summed E-state index contributed by atoms with van der Waals surface area (Å²) in [7, 11) is 3.20. The highest BCUT2D eigenvalue weighted by molar-refractivity contribution is 6.30. The zero-order valence-electron chi connectivity index (χ0n) is 14.4. The molecule has 140 valence electrons. The van der Waals surface area contributed by atoms with Crippen LogP contribution in [0.1, 0.15) is 10.4 Å². The van der Waals surface area contributed by atoms with Crippen LogP contribution in [0.2, 0.25) is 5.02 Å². The van der Waals surface area contributed by atoms with Crippen molar-refractivity contribution in [2.45, 2.75) is 0 Å². The van der Waals surface area contributed by atoms with Gasteiger partial charge in [-0.15, -0.1) is 0 Å². The number of fused-ring (bicyclic) bond motifs is 1. The van der Waals surface area contributed by atoms with Gasteiger partial charge in [-0.05, 0) is 18.2 Å². The summed E-state index contributed by atoms with van der Waals surface area (Å²) in [6.45, 7) is 0.364. The fourth-order valence-electron chi connectivity index (χ4n) is 3.78. The average molecular weight is 384 g/mol. The van der Waals surface area contributed by atoms with Crippen molar-refractivity contribution < 1.29 is 23.9 Å². The van der Waals surface area contributed by atoms with E-state index in [1.807, 2.05) is 0 Å². The summed E-state index contributed by atoms with van der Waals surface area (Å²) in [6, 6.07) is 3.50. The number of amides is 3.